The summed E-state index contributed by atoms with van der Waals surface area (Å²) in [5, 5.41) is 3.44. The number of aryl methyl sites for hydroxylation is 3. The largest absolute Gasteiger partial charge is 0.309 e. The predicted molar refractivity (Wildman–Crippen MR) is 80.5 cm³/mol. The van der Waals surface area contributed by atoms with E-state index in [1.165, 1.54) is 26.4 Å². The van der Waals surface area contributed by atoms with Crippen LogP contribution in [0.5, 0.6) is 0 Å². The third kappa shape index (κ3) is 2.65. The zero-order chi connectivity index (χ0) is 13.1. The Bertz CT molecular complexity index is 510. The molecule has 2 heteroatoms. The van der Waals surface area contributed by atoms with Crippen molar-refractivity contribution in [2.24, 2.45) is 0 Å². The van der Waals surface area contributed by atoms with Crippen LogP contribution in [0.2, 0.25) is 0 Å². The van der Waals surface area contributed by atoms with Crippen LogP contribution in [0.3, 0.4) is 0 Å². The molecule has 1 atom stereocenters. The minimum Gasteiger partial charge on any atom is -0.309 e. The molecule has 1 unspecified atom stereocenters. The van der Waals surface area contributed by atoms with Gasteiger partial charge in [0, 0.05) is 9.75 Å². The van der Waals surface area contributed by atoms with Gasteiger partial charge in [0.15, 0.2) is 0 Å². The maximum absolute atomic E-state index is 3.44. The number of hydrogen-bond acceptors (Lipinski definition) is 2. The van der Waals surface area contributed by atoms with Gasteiger partial charge in [0.05, 0.1) is 6.04 Å². The van der Waals surface area contributed by atoms with Crippen molar-refractivity contribution in [3.8, 4) is 0 Å². The monoisotopic (exact) mass is 259 g/mol. The van der Waals surface area contributed by atoms with Gasteiger partial charge in [-0.05, 0) is 50.1 Å². The van der Waals surface area contributed by atoms with Gasteiger partial charge >= 0.3 is 0 Å². The van der Waals surface area contributed by atoms with E-state index < -0.39 is 0 Å². The highest BCUT2D eigenvalue weighted by Crippen LogP contribution is 2.31. The number of hydrogen-bond donors (Lipinski definition) is 1. The third-order valence-corrected chi connectivity index (χ3v) is 4.57. The second kappa shape index (κ2) is 5.68. The van der Waals surface area contributed by atoms with Crippen molar-refractivity contribution in [1.29, 1.82) is 0 Å². The van der Waals surface area contributed by atoms with Crippen LogP contribution in [0.25, 0.3) is 0 Å². The van der Waals surface area contributed by atoms with Gasteiger partial charge in [-0.3, -0.25) is 0 Å². The van der Waals surface area contributed by atoms with Crippen molar-refractivity contribution in [3.05, 3.63) is 56.8 Å². The molecule has 2 rings (SSSR count). The molecule has 1 nitrogen and oxygen atoms in total. The van der Waals surface area contributed by atoms with Crippen LogP contribution < -0.4 is 5.32 Å². The number of thiophene rings is 1. The molecule has 18 heavy (non-hydrogen) atoms. The average molecular weight is 259 g/mol. The molecule has 1 N–H and O–H groups in total. The van der Waals surface area contributed by atoms with E-state index in [4.69, 9.17) is 0 Å². The summed E-state index contributed by atoms with van der Waals surface area (Å²) in [6.07, 6.45) is 1.10. The van der Waals surface area contributed by atoms with E-state index in [0.29, 0.717) is 6.04 Å². The van der Waals surface area contributed by atoms with Crippen molar-refractivity contribution >= 4 is 11.3 Å². The third-order valence-electron chi connectivity index (χ3n) is 3.35. The molecule has 0 amide bonds. The van der Waals surface area contributed by atoms with Crippen LogP contribution in [0.15, 0.2) is 30.3 Å². The highest BCUT2D eigenvalue weighted by atomic mass is 32.1. The maximum Gasteiger partial charge on any atom is 0.0671 e. The van der Waals surface area contributed by atoms with Crippen molar-refractivity contribution in [3.63, 3.8) is 0 Å². The molecule has 0 aliphatic heterocycles. The highest BCUT2D eigenvalue weighted by Gasteiger charge is 2.16. The SMILES string of the molecule is CCc1ccc(C(NC)c2sc(C)cc2C)cc1. The first-order valence-electron chi connectivity index (χ1n) is 6.48. The molecule has 96 valence electrons. The minimum atomic E-state index is 0.314. The second-order valence-corrected chi connectivity index (χ2v) is 6.01. The standard InChI is InChI=1S/C16H21NS/c1-5-13-6-8-14(9-7-13)15(17-4)16-11(2)10-12(3)18-16/h6-10,15,17H,5H2,1-4H3. The first kappa shape index (κ1) is 13.3. The molecular weight excluding hydrogens is 238 g/mol. The Morgan fingerprint density at radius 1 is 1.17 bits per heavy atom. The number of benzene rings is 1. The normalized spacial score (nSPS) is 12.7. The topological polar surface area (TPSA) is 12.0 Å². The smallest absolute Gasteiger partial charge is 0.0671 e. The molecule has 0 bridgehead atoms. The van der Waals surface area contributed by atoms with E-state index in [9.17, 15) is 0 Å². The second-order valence-electron chi connectivity index (χ2n) is 4.72. The first-order chi connectivity index (χ1) is 8.65. The molecule has 1 aromatic carbocycles. The first-order valence-corrected chi connectivity index (χ1v) is 7.30. The molecule has 0 aliphatic carbocycles. The Balaban J connectivity index is 2.35. The molecule has 0 spiro atoms. The molecule has 0 radical (unpaired) electrons. The molecule has 2 aromatic rings. The van der Waals surface area contributed by atoms with Crippen molar-refractivity contribution < 1.29 is 0 Å². The van der Waals surface area contributed by atoms with Crippen molar-refractivity contribution in [1.82, 2.24) is 5.32 Å². The summed E-state index contributed by atoms with van der Waals surface area (Å²) >= 11 is 1.89. The van der Waals surface area contributed by atoms with Gasteiger partial charge in [0.25, 0.3) is 0 Å². The van der Waals surface area contributed by atoms with Crippen LogP contribution in [-0.4, -0.2) is 7.05 Å². The van der Waals surface area contributed by atoms with Gasteiger partial charge in [-0.25, -0.2) is 0 Å². The summed E-state index contributed by atoms with van der Waals surface area (Å²) in [4.78, 5) is 2.81. The van der Waals surface area contributed by atoms with Gasteiger partial charge in [-0.1, -0.05) is 31.2 Å². The zero-order valence-corrected chi connectivity index (χ0v) is 12.4. The van der Waals surface area contributed by atoms with Crippen LogP contribution in [0.1, 0.15) is 39.4 Å². The lowest BCUT2D eigenvalue weighted by atomic mass is 10.0. The molecule has 0 saturated carbocycles. The number of nitrogens with one attached hydrogen (secondary N) is 1. The Hall–Kier alpha value is -1.12. The summed E-state index contributed by atoms with van der Waals surface area (Å²) in [6, 6.07) is 11.5. The van der Waals surface area contributed by atoms with E-state index in [-0.39, 0.29) is 0 Å². The molecule has 0 fully saturated rings. The molecule has 0 aliphatic rings. The van der Waals surface area contributed by atoms with E-state index in [1.807, 2.05) is 18.4 Å². The van der Waals surface area contributed by atoms with Gasteiger partial charge in [-0.15, -0.1) is 11.3 Å². The highest BCUT2D eigenvalue weighted by molar-refractivity contribution is 7.12. The predicted octanol–water partition coefficient (Wildman–Crippen LogP) is 4.24. The van der Waals surface area contributed by atoms with Crippen molar-refractivity contribution in [2.75, 3.05) is 7.05 Å². The van der Waals surface area contributed by atoms with Crippen LogP contribution >= 0.6 is 11.3 Å². The van der Waals surface area contributed by atoms with E-state index in [2.05, 4.69) is 56.4 Å². The van der Waals surface area contributed by atoms with Crippen LogP contribution in [-0.2, 0) is 6.42 Å². The summed E-state index contributed by atoms with van der Waals surface area (Å²) in [7, 11) is 2.03. The molecule has 0 saturated heterocycles. The Labute approximate surface area is 114 Å². The summed E-state index contributed by atoms with van der Waals surface area (Å²) < 4.78 is 0. The van der Waals surface area contributed by atoms with Crippen LogP contribution in [0, 0.1) is 13.8 Å². The lowest BCUT2D eigenvalue weighted by Gasteiger charge is -2.17. The lowest BCUT2D eigenvalue weighted by molar-refractivity contribution is 0.700. The fraction of sp³-hybridized carbons (Fsp3) is 0.375. The lowest BCUT2D eigenvalue weighted by Crippen LogP contribution is -2.17. The maximum atomic E-state index is 3.44. The Morgan fingerprint density at radius 2 is 1.83 bits per heavy atom. The summed E-state index contributed by atoms with van der Waals surface area (Å²) in [6.45, 7) is 6.56. The fourth-order valence-electron chi connectivity index (χ4n) is 2.34. The van der Waals surface area contributed by atoms with Crippen molar-refractivity contribution in [2.45, 2.75) is 33.2 Å². The van der Waals surface area contributed by atoms with E-state index >= 15 is 0 Å². The molecule has 1 aromatic heterocycles. The van der Waals surface area contributed by atoms with Gasteiger partial charge in [-0.2, -0.15) is 0 Å². The molecular formula is C16H21NS. The quantitative estimate of drug-likeness (QED) is 0.866. The number of rotatable bonds is 4. The summed E-state index contributed by atoms with van der Waals surface area (Å²) in [5.41, 5.74) is 4.13. The van der Waals surface area contributed by atoms with Gasteiger partial charge in [0.1, 0.15) is 0 Å². The van der Waals surface area contributed by atoms with Gasteiger partial charge < -0.3 is 5.32 Å². The summed E-state index contributed by atoms with van der Waals surface area (Å²) in [5.74, 6) is 0. The van der Waals surface area contributed by atoms with Crippen LogP contribution in [0.4, 0.5) is 0 Å². The molecule has 1 heterocycles. The zero-order valence-electron chi connectivity index (χ0n) is 11.6. The van der Waals surface area contributed by atoms with E-state index in [0.717, 1.165) is 6.42 Å². The Morgan fingerprint density at radius 3 is 2.28 bits per heavy atom. The van der Waals surface area contributed by atoms with E-state index in [1.54, 1.807) is 0 Å². The minimum absolute atomic E-state index is 0.314. The average Bonchev–Trinajstić information content (AvgIpc) is 2.70. The Kier molecular flexibility index (Phi) is 4.20. The van der Waals surface area contributed by atoms with Gasteiger partial charge in [0.2, 0.25) is 0 Å². The fourth-order valence-corrected chi connectivity index (χ4v) is 3.52.